The number of hydrogen-bond donors (Lipinski definition) is 2. The molecule has 0 fully saturated rings. The Morgan fingerprint density at radius 3 is 2.48 bits per heavy atom. The van der Waals surface area contributed by atoms with Gasteiger partial charge in [-0.2, -0.15) is 0 Å². The fraction of sp³-hybridized carbons (Fsp3) is 0.600. The minimum Gasteiger partial charge on any atom is -0.318 e. The predicted octanol–water partition coefficient (Wildman–Crippen LogP) is 3.14. The number of hydrazine groups is 1. The van der Waals surface area contributed by atoms with Crippen LogP contribution in [0.3, 0.4) is 0 Å². The second kappa shape index (κ2) is 8.59. The SMILES string of the molecule is CCC(CC)CN(CC)Cc1ccc(NN)c([N+](=O)[O-])c1. The van der Waals surface area contributed by atoms with E-state index in [1.165, 1.54) is 0 Å². The third-order valence-electron chi connectivity index (χ3n) is 3.94. The Labute approximate surface area is 126 Å². The van der Waals surface area contributed by atoms with Crippen LogP contribution >= 0.6 is 0 Å². The Kier molecular flexibility index (Phi) is 7.11. The van der Waals surface area contributed by atoms with Gasteiger partial charge in [0.25, 0.3) is 5.69 Å². The molecule has 21 heavy (non-hydrogen) atoms. The highest BCUT2D eigenvalue weighted by Gasteiger charge is 2.16. The highest BCUT2D eigenvalue weighted by Crippen LogP contribution is 2.25. The van der Waals surface area contributed by atoms with E-state index in [1.807, 2.05) is 6.07 Å². The number of benzene rings is 1. The summed E-state index contributed by atoms with van der Waals surface area (Å²) in [7, 11) is 0. The molecule has 6 heteroatoms. The Morgan fingerprint density at radius 2 is 2.00 bits per heavy atom. The van der Waals surface area contributed by atoms with E-state index in [1.54, 1.807) is 12.1 Å². The number of nitro benzene ring substituents is 1. The van der Waals surface area contributed by atoms with Gasteiger partial charge in [-0.15, -0.1) is 0 Å². The van der Waals surface area contributed by atoms with Crippen LogP contribution in [0.15, 0.2) is 18.2 Å². The molecule has 0 bridgehead atoms. The maximum absolute atomic E-state index is 11.1. The van der Waals surface area contributed by atoms with E-state index in [9.17, 15) is 10.1 Å². The molecule has 0 atom stereocenters. The van der Waals surface area contributed by atoms with Crippen LogP contribution in [0.2, 0.25) is 0 Å². The Balaban J connectivity index is 2.85. The van der Waals surface area contributed by atoms with Crippen LogP contribution < -0.4 is 11.3 Å². The largest absolute Gasteiger partial charge is 0.318 e. The van der Waals surface area contributed by atoms with E-state index in [0.717, 1.165) is 38.0 Å². The van der Waals surface area contributed by atoms with Gasteiger partial charge in [-0.3, -0.25) is 20.9 Å². The normalized spacial score (nSPS) is 11.1. The molecule has 1 aromatic rings. The summed E-state index contributed by atoms with van der Waals surface area (Å²) in [4.78, 5) is 13.0. The molecule has 0 heterocycles. The van der Waals surface area contributed by atoms with Gasteiger partial charge >= 0.3 is 0 Å². The van der Waals surface area contributed by atoms with Gasteiger partial charge in [0.2, 0.25) is 0 Å². The van der Waals surface area contributed by atoms with Crippen molar-refractivity contribution in [2.45, 2.75) is 40.2 Å². The van der Waals surface area contributed by atoms with Crippen LogP contribution in [-0.2, 0) is 6.54 Å². The molecular formula is C15H26N4O2. The summed E-state index contributed by atoms with van der Waals surface area (Å²) in [5, 5.41) is 11.1. The average Bonchev–Trinajstić information content (AvgIpc) is 2.51. The Bertz CT molecular complexity index is 461. The summed E-state index contributed by atoms with van der Waals surface area (Å²) in [5.41, 5.74) is 3.67. The first kappa shape index (κ1) is 17.4. The van der Waals surface area contributed by atoms with E-state index in [4.69, 9.17) is 5.84 Å². The molecule has 0 saturated heterocycles. The standard InChI is InChI=1S/C15H26N4O2/c1-4-12(5-2)10-18(6-3)11-13-7-8-14(17-16)15(9-13)19(20)21/h7-9,12,17H,4-6,10-11,16H2,1-3H3. The topological polar surface area (TPSA) is 84.4 Å². The molecular weight excluding hydrogens is 268 g/mol. The number of anilines is 1. The van der Waals surface area contributed by atoms with Crippen molar-refractivity contribution >= 4 is 11.4 Å². The molecule has 0 aliphatic rings. The fourth-order valence-corrected chi connectivity index (χ4v) is 2.42. The first-order valence-corrected chi connectivity index (χ1v) is 7.51. The second-order valence-electron chi connectivity index (χ2n) is 5.26. The van der Waals surface area contributed by atoms with Crippen molar-refractivity contribution in [3.8, 4) is 0 Å². The fourth-order valence-electron chi connectivity index (χ4n) is 2.42. The van der Waals surface area contributed by atoms with Crippen LogP contribution in [-0.4, -0.2) is 22.9 Å². The van der Waals surface area contributed by atoms with Crippen LogP contribution in [0.25, 0.3) is 0 Å². The van der Waals surface area contributed by atoms with Crippen molar-refractivity contribution in [2.24, 2.45) is 11.8 Å². The van der Waals surface area contributed by atoms with Gasteiger partial charge < -0.3 is 5.43 Å². The number of nitrogens with two attached hydrogens (primary N) is 1. The van der Waals surface area contributed by atoms with Crippen molar-refractivity contribution < 1.29 is 4.92 Å². The van der Waals surface area contributed by atoms with Crippen LogP contribution in [0.4, 0.5) is 11.4 Å². The van der Waals surface area contributed by atoms with Gasteiger partial charge in [-0.1, -0.05) is 39.7 Å². The zero-order chi connectivity index (χ0) is 15.8. The summed E-state index contributed by atoms with van der Waals surface area (Å²) in [5.74, 6) is 5.97. The second-order valence-corrected chi connectivity index (χ2v) is 5.26. The first-order chi connectivity index (χ1) is 10.0. The van der Waals surface area contributed by atoms with Crippen molar-refractivity contribution in [1.29, 1.82) is 0 Å². The van der Waals surface area contributed by atoms with Gasteiger partial charge in [0.15, 0.2) is 0 Å². The van der Waals surface area contributed by atoms with Gasteiger partial charge in [-0.25, -0.2) is 0 Å². The molecule has 3 N–H and O–H groups in total. The lowest BCUT2D eigenvalue weighted by atomic mass is 10.0. The lowest BCUT2D eigenvalue weighted by molar-refractivity contribution is -0.384. The van der Waals surface area contributed by atoms with E-state index in [2.05, 4.69) is 31.1 Å². The van der Waals surface area contributed by atoms with Gasteiger partial charge in [0.05, 0.1) is 4.92 Å². The third kappa shape index (κ3) is 4.99. The number of hydrogen-bond acceptors (Lipinski definition) is 5. The summed E-state index contributed by atoms with van der Waals surface area (Å²) in [6, 6.07) is 5.15. The summed E-state index contributed by atoms with van der Waals surface area (Å²) >= 11 is 0. The van der Waals surface area contributed by atoms with Crippen molar-refractivity contribution in [3.63, 3.8) is 0 Å². The minimum absolute atomic E-state index is 0.0218. The van der Waals surface area contributed by atoms with E-state index in [0.29, 0.717) is 11.6 Å². The molecule has 0 unspecified atom stereocenters. The number of nitrogens with one attached hydrogen (secondary N) is 1. The molecule has 1 aromatic carbocycles. The molecule has 0 aliphatic heterocycles. The summed E-state index contributed by atoms with van der Waals surface area (Å²) in [6.45, 7) is 9.20. The average molecular weight is 294 g/mol. The monoisotopic (exact) mass is 294 g/mol. The molecule has 6 nitrogen and oxygen atoms in total. The predicted molar refractivity (Wildman–Crippen MR) is 85.9 cm³/mol. The zero-order valence-electron chi connectivity index (χ0n) is 13.1. The quantitative estimate of drug-likeness (QED) is 0.415. The molecule has 0 amide bonds. The number of nitro groups is 1. The third-order valence-corrected chi connectivity index (χ3v) is 3.94. The number of nitrogen functional groups attached to an aromatic ring is 1. The zero-order valence-corrected chi connectivity index (χ0v) is 13.1. The van der Waals surface area contributed by atoms with Gasteiger partial charge in [0.1, 0.15) is 5.69 Å². The van der Waals surface area contributed by atoms with Crippen LogP contribution in [0.1, 0.15) is 39.2 Å². The summed E-state index contributed by atoms with van der Waals surface area (Å²) < 4.78 is 0. The van der Waals surface area contributed by atoms with Crippen molar-refractivity contribution in [3.05, 3.63) is 33.9 Å². The van der Waals surface area contributed by atoms with Gasteiger partial charge in [-0.05, 0) is 24.1 Å². The maximum Gasteiger partial charge on any atom is 0.293 e. The minimum atomic E-state index is -0.407. The first-order valence-electron chi connectivity index (χ1n) is 7.51. The molecule has 0 radical (unpaired) electrons. The summed E-state index contributed by atoms with van der Waals surface area (Å²) in [6.07, 6.45) is 2.31. The molecule has 0 saturated carbocycles. The lowest BCUT2D eigenvalue weighted by Gasteiger charge is -2.25. The smallest absolute Gasteiger partial charge is 0.293 e. The van der Waals surface area contributed by atoms with E-state index >= 15 is 0 Å². The molecule has 0 aliphatic carbocycles. The lowest BCUT2D eigenvalue weighted by Crippen LogP contribution is -2.28. The maximum atomic E-state index is 11.1. The van der Waals surface area contributed by atoms with Crippen LogP contribution in [0.5, 0.6) is 0 Å². The Morgan fingerprint density at radius 1 is 1.33 bits per heavy atom. The molecule has 1 rings (SSSR count). The highest BCUT2D eigenvalue weighted by atomic mass is 16.6. The Hall–Kier alpha value is -1.66. The number of rotatable bonds is 9. The molecule has 0 spiro atoms. The molecule has 118 valence electrons. The van der Waals surface area contributed by atoms with E-state index in [-0.39, 0.29) is 5.69 Å². The van der Waals surface area contributed by atoms with E-state index < -0.39 is 4.92 Å². The molecule has 0 aromatic heterocycles. The highest BCUT2D eigenvalue weighted by molar-refractivity contribution is 5.61. The van der Waals surface area contributed by atoms with Crippen molar-refractivity contribution in [1.82, 2.24) is 4.90 Å². The van der Waals surface area contributed by atoms with Gasteiger partial charge in [0, 0.05) is 19.2 Å². The van der Waals surface area contributed by atoms with Crippen LogP contribution in [0, 0.1) is 16.0 Å². The number of nitrogens with zero attached hydrogens (tertiary/aromatic N) is 2. The van der Waals surface area contributed by atoms with Crippen molar-refractivity contribution in [2.75, 3.05) is 18.5 Å².